The van der Waals surface area contributed by atoms with E-state index in [1.54, 1.807) is 41.5 Å². The minimum absolute atomic E-state index is 0.0232. The first-order valence-corrected chi connectivity index (χ1v) is 19.9. The molecule has 3 heterocycles. The molecule has 0 unspecified atom stereocenters. The zero-order valence-electron chi connectivity index (χ0n) is 34.4. The van der Waals surface area contributed by atoms with Crippen molar-refractivity contribution in [3.8, 4) is 0 Å². The molecular formula is C40H71NO12. The zero-order chi connectivity index (χ0) is 39.9. The molecule has 0 aromatic rings. The van der Waals surface area contributed by atoms with Gasteiger partial charge in [-0.2, -0.15) is 0 Å². The summed E-state index contributed by atoms with van der Waals surface area (Å²) in [4.78, 5) is 30.3. The van der Waals surface area contributed by atoms with Crippen molar-refractivity contribution < 1.29 is 58.4 Å². The third-order valence-electron chi connectivity index (χ3n) is 13.2. The van der Waals surface area contributed by atoms with E-state index in [1.165, 1.54) is 7.11 Å². The maximum Gasteiger partial charge on any atom is 0.311 e. The molecule has 13 nitrogen and oxygen atoms in total. The lowest BCUT2D eigenvalue weighted by Gasteiger charge is -2.49. The number of methoxy groups -OCH3 is 1. The van der Waals surface area contributed by atoms with Gasteiger partial charge in [0.25, 0.3) is 0 Å². The van der Waals surface area contributed by atoms with E-state index in [2.05, 4.69) is 6.92 Å². The Bertz CT molecular complexity index is 1230. The first-order valence-electron chi connectivity index (χ1n) is 19.9. The molecule has 0 aromatic carbocycles. The molecule has 3 saturated heterocycles. The van der Waals surface area contributed by atoms with Crippen LogP contribution in [0.2, 0.25) is 0 Å². The van der Waals surface area contributed by atoms with Crippen LogP contribution in [0.15, 0.2) is 0 Å². The minimum atomic E-state index is -1.72. The van der Waals surface area contributed by atoms with Crippen LogP contribution in [0.5, 0.6) is 0 Å². The van der Waals surface area contributed by atoms with Crippen LogP contribution in [0.25, 0.3) is 0 Å². The highest BCUT2D eigenvalue weighted by Gasteiger charge is 2.53. The fourth-order valence-corrected chi connectivity index (χ4v) is 9.62. The smallest absolute Gasteiger partial charge is 0.311 e. The van der Waals surface area contributed by atoms with Gasteiger partial charge in [0.2, 0.25) is 0 Å². The molecule has 308 valence electrons. The topological polar surface area (TPSA) is 174 Å². The van der Waals surface area contributed by atoms with Gasteiger partial charge < -0.3 is 53.7 Å². The molecule has 4 N–H and O–H groups in total. The minimum Gasteiger partial charge on any atom is -0.461 e. The van der Waals surface area contributed by atoms with E-state index in [0.717, 1.165) is 12.8 Å². The van der Waals surface area contributed by atoms with Crippen LogP contribution in [-0.4, -0.2) is 137 Å². The van der Waals surface area contributed by atoms with Crippen molar-refractivity contribution >= 4 is 11.8 Å². The van der Waals surface area contributed by atoms with Gasteiger partial charge in [-0.25, -0.2) is 0 Å². The lowest BCUT2D eigenvalue weighted by atomic mass is 9.68. The number of cyclic esters (lactones) is 1. The summed E-state index contributed by atoms with van der Waals surface area (Å²) >= 11 is 0. The van der Waals surface area contributed by atoms with Gasteiger partial charge in [-0.1, -0.05) is 34.6 Å². The Kier molecular flexibility index (Phi) is 14.7. The van der Waals surface area contributed by atoms with Crippen molar-refractivity contribution in [3.05, 3.63) is 0 Å². The summed E-state index contributed by atoms with van der Waals surface area (Å²) in [5.74, 6) is -4.02. The van der Waals surface area contributed by atoms with Gasteiger partial charge in [-0.05, 0) is 86.2 Å². The second-order valence-corrected chi connectivity index (χ2v) is 18.1. The quantitative estimate of drug-likeness (QED) is 0.279. The lowest BCUT2D eigenvalue weighted by Crippen LogP contribution is -2.60. The Morgan fingerprint density at radius 1 is 0.811 bits per heavy atom. The number of esters is 1. The Morgan fingerprint density at radius 3 is 2.00 bits per heavy atom. The van der Waals surface area contributed by atoms with Crippen molar-refractivity contribution in [2.75, 3.05) is 21.2 Å². The number of carbonyl (C=O) groups is 2. The van der Waals surface area contributed by atoms with E-state index < -0.39 is 102 Å². The van der Waals surface area contributed by atoms with Crippen LogP contribution in [-0.2, 0) is 38.0 Å². The second-order valence-electron chi connectivity index (χ2n) is 18.1. The first-order chi connectivity index (χ1) is 24.5. The van der Waals surface area contributed by atoms with Gasteiger partial charge in [0, 0.05) is 43.2 Å². The van der Waals surface area contributed by atoms with Crippen LogP contribution in [0.4, 0.5) is 0 Å². The number of ether oxygens (including phenoxy) is 6. The Balaban J connectivity index is 1.81. The van der Waals surface area contributed by atoms with Crippen LogP contribution in [0.3, 0.4) is 0 Å². The molecule has 1 saturated carbocycles. The van der Waals surface area contributed by atoms with Gasteiger partial charge in [0.15, 0.2) is 12.6 Å². The summed E-state index contributed by atoms with van der Waals surface area (Å²) < 4.78 is 37.9. The van der Waals surface area contributed by atoms with Gasteiger partial charge in [0.05, 0.1) is 47.6 Å². The number of Topliss-reactive ketones (excluding diaryl/α,β-unsaturated/α-hetero) is 1. The highest BCUT2D eigenvalue weighted by Crippen LogP contribution is 2.43. The van der Waals surface area contributed by atoms with Crippen LogP contribution in [0.1, 0.15) is 101 Å². The predicted octanol–water partition coefficient (Wildman–Crippen LogP) is 3.31. The first kappa shape index (κ1) is 44.5. The van der Waals surface area contributed by atoms with Crippen LogP contribution >= 0.6 is 0 Å². The molecule has 0 spiro atoms. The Morgan fingerprint density at radius 2 is 1.43 bits per heavy atom. The summed E-state index contributed by atoms with van der Waals surface area (Å²) in [7, 11) is 5.26. The third kappa shape index (κ3) is 9.65. The predicted molar refractivity (Wildman–Crippen MR) is 196 cm³/mol. The van der Waals surface area contributed by atoms with E-state index in [1.807, 2.05) is 39.8 Å². The fourth-order valence-electron chi connectivity index (χ4n) is 9.62. The molecular weight excluding hydrogens is 686 g/mol. The average Bonchev–Trinajstić information content (AvgIpc) is 3.07. The third-order valence-corrected chi connectivity index (χ3v) is 13.2. The van der Waals surface area contributed by atoms with Gasteiger partial charge >= 0.3 is 5.97 Å². The van der Waals surface area contributed by atoms with Crippen molar-refractivity contribution in [1.29, 1.82) is 0 Å². The summed E-state index contributed by atoms with van der Waals surface area (Å²) in [6.07, 6.45) is -6.57. The maximum absolute atomic E-state index is 14.4. The van der Waals surface area contributed by atoms with Gasteiger partial charge in [-0.3, -0.25) is 9.59 Å². The van der Waals surface area contributed by atoms with Gasteiger partial charge in [0.1, 0.15) is 24.1 Å². The molecule has 0 bridgehead atoms. The van der Waals surface area contributed by atoms with E-state index >= 15 is 0 Å². The summed E-state index contributed by atoms with van der Waals surface area (Å²) in [5, 5.41) is 46.6. The monoisotopic (exact) mass is 757 g/mol. The molecule has 0 amide bonds. The Labute approximate surface area is 317 Å². The molecule has 4 aliphatic rings. The molecule has 4 fully saturated rings. The fraction of sp³-hybridized carbons (Fsp3) is 0.950. The van der Waals surface area contributed by atoms with E-state index in [9.17, 15) is 30.0 Å². The molecule has 18 atom stereocenters. The molecule has 4 rings (SSSR count). The zero-order valence-corrected chi connectivity index (χ0v) is 34.4. The van der Waals surface area contributed by atoms with Crippen molar-refractivity contribution in [3.63, 3.8) is 0 Å². The molecule has 1 aliphatic carbocycles. The normalized spacial score (nSPS) is 51.0. The number of aliphatic hydroxyl groups is 4. The summed E-state index contributed by atoms with van der Waals surface area (Å²) in [5.41, 5.74) is -2.74. The average molecular weight is 758 g/mol. The summed E-state index contributed by atoms with van der Waals surface area (Å²) in [6.45, 7) is 17.9. The Hall–Kier alpha value is -1.26. The number of carbonyl (C=O) groups excluding carboxylic acids is 2. The number of hydrogen-bond donors (Lipinski definition) is 4. The lowest BCUT2D eigenvalue weighted by molar-refractivity contribution is -0.317. The number of nitrogens with zero attached hydrogens (tertiary/aromatic N) is 1. The number of aliphatic hydroxyl groups excluding tert-OH is 3. The number of hydrogen-bond acceptors (Lipinski definition) is 13. The van der Waals surface area contributed by atoms with Crippen LogP contribution in [0, 0.1) is 41.4 Å². The molecule has 53 heavy (non-hydrogen) atoms. The molecule has 0 radical (unpaired) electrons. The largest absolute Gasteiger partial charge is 0.461 e. The highest BCUT2D eigenvalue weighted by molar-refractivity contribution is 5.83. The molecule has 13 heteroatoms. The second kappa shape index (κ2) is 17.5. The SMILES string of the molecule is CO[C@]1(C)C[C@H](O[C@H]2[C@H](C)[C@@H](O[C@@H]3O[C@H](C)C[C@H](N(C)C)[C@H]3O)[C@@](C)(O)C[C@@H](C)C(=O)[C@H](C)[C@@H](O)[C@@H](C)[C@@H](C3CC(C)C3)OC(=O)[C@@H]2C)O[C@@H](C)[C@@H]1O. The highest BCUT2D eigenvalue weighted by atomic mass is 16.7. The van der Waals surface area contributed by atoms with E-state index in [-0.39, 0.29) is 36.7 Å². The van der Waals surface area contributed by atoms with E-state index in [0.29, 0.717) is 12.3 Å². The van der Waals surface area contributed by atoms with Crippen molar-refractivity contribution in [1.82, 2.24) is 4.90 Å². The van der Waals surface area contributed by atoms with Crippen molar-refractivity contribution in [2.24, 2.45) is 41.4 Å². The molecule has 0 aromatic heterocycles. The van der Waals surface area contributed by atoms with Crippen molar-refractivity contribution in [2.45, 2.75) is 180 Å². The summed E-state index contributed by atoms with van der Waals surface area (Å²) in [6, 6.07) is -0.297. The number of ketones is 1. The van der Waals surface area contributed by atoms with Crippen LogP contribution < -0.4 is 0 Å². The molecule has 3 aliphatic heterocycles. The maximum atomic E-state index is 14.4. The standard InChI is InChI=1S/C40H71NO12/c1-19-14-27(15-19)34-23(5)31(43)22(4)30(42)20(2)17-39(9,47)36(53-38-32(44)28(41(11)12)16-21(3)49-38)24(6)33(25(7)37(46)52-34)51-29-18-40(10,48-13)35(45)26(8)50-29/h19-29,31-36,38,43-45,47H,14-18H2,1-13H3/t19?,20-,21-,22+,23-,24+,25-,26+,27?,28+,29+,31-,32-,33+,34+,35+,36-,38+,39+,40-/m1/s1. The van der Waals surface area contributed by atoms with Gasteiger partial charge in [-0.15, -0.1) is 0 Å². The number of rotatable bonds is 7. The van der Waals surface area contributed by atoms with E-state index in [4.69, 9.17) is 28.4 Å². The number of likely N-dealkylation sites (N-methyl/N-ethyl adjacent to an activating group) is 1.